The molecule has 0 aliphatic carbocycles. The highest BCUT2D eigenvalue weighted by Crippen LogP contribution is 2.26. The van der Waals surface area contributed by atoms with Crippen molar-refractivity contribution >= 4 is 35.3 Å². The van der Waals surface area contributed by atoms with E-state index in [4.69, 9.17) is 0 Å². The van der Waals surface area contributed by atoms with Crippen molar-refractivity contribution < 1.29 is 4.39 Å². The van der Waals surface area contributed by atoms with Crippen molar-refractivity contribution in [1.29, 1.82) is 0 Å². The van der Waals surface area contributed by atoms with Gasteiger partial charge >= 0.3 is 0 Å². The maximum absolute atomic E-state index is 12.9. The minimum absolute atomic E-state index is 0.247. The van der Waals surface area contributed by atoms with Crippen LogP contribution in [0.15, 0.2) is 65.1 Å². The van der Waals surface area contributed by atoms with Crippen LogP contribution in [0.5, 0.6) is 0 Å². The molecule has 4 rings (SSSR count). The molecule has 2 heterocycles. The van der Waals surface area contributed by atoms with Crippen LogP contribution in [0.25, 0.3) is 22.7 Å². The van der Waals surface area contributed by atoms with E-state index < -0.39 is 0 Å². The molecule has 27 heavy (non-hydrogen) atoms. The van der Waals surface area contributed by atoms with Crippen molar-refractivity contribution in [2.75, 3.05) is 0 Å². The van der Waals surface area contributed by atoms with Gasteiger partial charge in [-0.25, -0.2) is 14.4 Å². The van der Waals surface area contributed by atoms with Gasteiger partial charge in [-0.05, 0) is 23.8 Å². The van der Waals surface area contributed by atoms with E-state index in [2.05, 4.69) is 37.7 Å². The maximum Gasteiger partial charge on any atom is 0.209 e. The Hall–Kier alpha value is -2.77. The first-order chi connectivity index (χ1) is 13.3. The average Bonchev–Trinajstić information content (AvgIpc) is 3.36. The van der Waals surface area contributed by atoms with Crippen LogP contribution < -0.4 is 0 Å². The smallest absolute Gasteiger partial charge is 0.209 e. The van der Waals surface area contributed by atoms with Crippen LogP contribution in [0.4, 0.5) is 4.39 Å². The largest absolute Gasteiger partial charge is 0.259 e. The van der Waals surface area contributed by atoms with E-state index in [1.165, 1.54) is 23.9 Å². The van der Waals surface area contributed by atoms with Crippen molar-refractivity contribution in [2.24, 2.45) is 0 Å². The summed E-state index contributed by atoms with van der Waals surface area (Å²) in [6.45, 7) is 0. The quantitative estimate of drug-likeness (QED) is 0.437. The van der Waals surface area contributed by atoms with Crippen LogP contribution in [0.1, 0.15) is 17.1 Å². The number of nitrogens with one attached hydrogen (secondary N) is 1. The van der Waals surface area contributed by atoms with E-state index in [0.717, 1.165) is 21.8 Å². The normalized spacial score (nSPS) is 11.3. The summed E-state index contributed by atoms with van der Waals surface area (Å²) in [6, 6.07) is 16.4. The molecule has 0 saturated heterocycles. The van der Waals surface area contributed by atoms with E-state index in [0.29, 0.717) is 16.7 Å². The Morgan fingerprint density at radius 3 is 2.63 bits per heavy atom. The summed E-state index contributed by atoms with van der Waals surface area (Å²) in [6.07, 6.45) is 3.68. The number of rotatable bonds is 6. The number of halogens is 1. The molecule has 0 bridgehead atoms. The van der Waals surface area contributed by atoms with Gasteiger partial charge in [-0.2, -0.15) is 0 Å². The van der Waals surface area contributed by atoms with Gasteiger partial charge in [0.1, 0.15) is 16.6 Å². The molecule has 4 nitrogen and oxygen atoms in total. The number of benzene rings is 2. The fourth-order valence-corrected chi connectivity index (χ4v) is 4.00. The third-order valence-electron chi connectivity index (χ3n) is 3.71. The monoisotopic (exact) mass is 394 g/mol. The maximum atomic E-state index is 12.9. The lowest BCUT2D eigenvalue weighted by atomic mass is 10.2. The topological polar surface area (TPSA) is 54.5 Å². The Bertz CT molecular complexity index is 1040. The molecule has 0 unspecified atom stereocenters. The van der Waals surface area contributed by atoms with Crippen LogP contribution in [0, 0.1) is 5.82 Å². The second kappa shape index (κ2) is 8.28. The second-order valence-electron chi connectivity index (χ2n) is 5.69. The average molecular weight is 395 g/mol. The Kier molecular flexibility index (Phi) is 5.41. The molecule has 7 heteroatoms. The molecule has 0 fully saturated rings. The molecule has 0 spiro atoms. The number of hydrogen-bond donors (Lipinski definition) is 1. The number of aromatic amines is 1. The second-order valence-corrected chi connectivity index (χ2v) is 7.49. The van der Waals surface area contributed by atoms with Crippen LogP contribution >= 0.6 is 23.1 Å². The summed E-state index contributed by atoms with van der Waals surface area (Å²) >= 11 is 3.17. The zero-order chi connectivity index (χ0) is 18.5. The molecule has 4 aromatic rings. The van der Waals surface area contributed by atoms with Gasteiger partial charge in [0, 0.05) is 16.7 Å². The van der Waals surface area contributed by atoms with Gasteiger partial charge in [0.05, 0.1) is 5.69 Å². The highest BCUT2D eigenvalue weighted by molar-refractivity contribution is 7.98. The van der Waals surface area contributed by atoms with Gasteiger partial charge in [0.25, 0.3) is 0 Å². The lowest BCUT2D eigenvalue weighted by Gasteiger charge is -1.94. The first kappa shape index (κ1) is 17.6. The molecular formula is C20H15FN4S2. The SMILES string of the molecule is Fc1ccc(/C=C/c2nc(SCc3csc(-c4ccccc4)n3)n[nH]2)cc1. The highest BCUT2D eigenvalue weighted by atomic mass is 32.2. The Morgan fingerprint density at radius 1 is 1.00 bits per heavy atom. The third-order valence-corrected chi connectivity index (χ3v) is 5.53. The number of hydrogen-bond acceptors (Lipinski definition) is 5. The van der Waals surface area contributed by atoms with E-state index in [-0.39, 0.29) is 5.82 Å². The Balaban J connectivity index is 1.36. The van der Waals surface area contributed by atoms with Gasteiger partial charge in [-0.1, -0.05) is 60.3 Å². The van der Waals surface area contributed by atoms with Gasteiger partial charge in [-0.15, -0.1) is 16.4 Å². The van der Waals surface area contributed by atoms with Gasteiger partial charge < -0.3 is 0 Å². The van der Waals surface area contributed by atoms with E-state index in [1.807, 2.05) is 30.4 Å². The molecule has 0 saturated carbocycles. The molecule has 0 amide bonds. The van der Waals surface area contributed by atoms with Crippen molar-refractivity contribution in [1.82, 2.24) is 20.2 Å². The predicted molar refractivity (Wildman–Crippen MR) is 109 cm³/mol. The summed E-state index contributed by atoms with van der Waals surface area (Å²) in [5.74, 6) is 1.12. The zero-order valence-corrected chi connectivity index (χ0v) is 15.8. The molecule has 1 N–H and O–H groups in total. The minimum atomic E-state index is -0.247. The van der Waals surface area contributed by atoms with Crippen molar-refractivity contribution in [3.8, 4) is 10.6 Å². The van der Waals surface area contributed by atoms with Gasteiger partial charge in [-0.3, -0.25) is 5.10 Å². The molecular weight excluding hydrogens is 379 g/mol. The first-order valence-electron chi connectivity index (χ1n) is 8.25. The Morgan fingerprint density at radius 2 is 1.81 bits per heavy atom. The zero-order valence-electron chi connectivity index (χ0n) is 14.2. The van der Waals surface area contributed by atoms with Crippen LogP contribution in [0.2, 0.25) is 0 Å². The lowest BCUT2D eigenvalue weighted by molar-refractivity contribution is 0.628. The third kappa shape index (κ3) is 4.69. The predicted octanol–water partition coefficient (Wildman–Crippen LogP) is 5.53. The van der Waals surface area contributed by atoms with E-state index in [1.54, 1.807) is 23.5 Å². The molecule has 2 aromatic carbocycles. The number of nitrogens with zero attached hydrogens (tertiary/aromatic N) is 3. The lowest BCUT2D eigenvalue weighted by Crippen LogP contribution is -1.83. The van der Waals surface area contributed by atoms with Crippen molar-refractivity contribution in [3.05, 3.63) is 82.9 Å². The van der Waals surface area contributed by atoms with Gasteiger partial charge in [0.2, 0.25) is 5.16 Å². The van der Waals surface area contributed by atoms with Crippen LogP contribution in [0.3, 0.4) is 0 Å². The molecule has 134 valence electrons. The Labute approximate surface area is 164 Å². The highest BCUT2D eigenvalue weighted by Gasteiger charge is 2.07. The first-order valence-corrected chi connectivity index (χ1v) is 10.1. The summed E-state index contributed by atoms with van der Waals surface area (Å²) in [7, 11) is 0. The molecule has 0 aliphatic rings. The number of H-pyrrole nitrogens is 1. The van der Waals surface area contributed by atoms with Crippen molar-refractivity contribution in [2.45, 2.75) is 10.9 Å². The van der Waals surface area contributed by atoms with E-state index in [9.17, 15) is 4.39 Å². The molecule has 2 aromatic heterocycles. The minimum Gasteiger partial charge on any atom is -0.259 e. The summed E-state index contributed by atoms with van der Waals surface area (Å²) in [5, 5.41) is 10.9. The molecule has 0 radical (unpaired) electrons. The number of aromatic nitrogens is 4. The summed E-state index contributed by atoms with van der Waals surface area (Å²) in [4.78, 5) is 9.11. The fraction of sp³-hybridized carbons (Fsp3) is 0.0500. The summed E-state index contributed by atoms with van der Waals surface area (Å²) < 4.78 is 12.9. The summed E-state index contributed by atoms with van der Waals surface area (Å²) in [5.41, 5.74) is 3.04. The number of thioether (sulfide) groups is 1. The fourth-order valence-electron chi connectivity index (χ4n) is 2.37. The molecule has 0 aliphatic heterocycles. The van der Waals surface area contributed by atoms with Crippen LogP contribution in [-0.2, 0) is 5.75 Å². The number of thiazole rings is 1. The standard InChI is InChI=1S/C20H15FN4S2/c21-16-9-6-14(7-10-16)8-11-18-23-20(25-24-18)27-13-17-12-26-19(22-17)15-4-2-1-3-5-15/h1-12H,13H2,(H,23,24,25)/b11-8+. The van der Waals surface area contributed by atoms with E-state index >= 15 is 0 Å². The molecule has 0 atom stereocenters. The van der Waals surface area contributed by atoms with Crippen molar-refractivity contribution in [3.63, 3.8) is 0 Å². The van der Waals surface area contributed by atoms with Gasteiger partial charge in [0.15, 0.2) is 0 Å². The van der Waals surface area contributed by atoms with Crippen LogP contribution in [-0.4, -0.2) is 20.2 Å².